The average Bonchev–Trinajstić information content (AvgIpc) is 3.03. The lowest BCUT2D eigenvalue weighted by Crippen LogP contribution is -2.36. The molecule has 1 heterocycles. The highest BCUT2D eigenvalue weighted by Crippen LogP contribution is 2.25. The van der Waals surface area contributed by atoms with E-state index in [1.54, 1.807) is 24.3 Å². The van der Waals surface area contributed by atoms with Gasteiger partial charge in [0.05, 0.1) is 17.6 Å². The van der Waals surface area contributed by atoms with E-state index in [4.69, 9.17) is 14.2 Å². The summed E-state index contributed by atoms with van der Waals surface area (Å²) in [5, 5.41) is 5.19. The molecule has 1 aromatic heterocycles. The number of sulfonamides is 1. The molecule has 0 saturated heterocycles. The molecule has 0 bridgehead atoms. The minimum atomic E-state index is -4.30. The molecule has 13 nitrogen and oxygen atoms in total. The average molecular weight is 625 g/mol. The van der Waals surface area contributed by atoms with Crippen molar-refractivity contribution in [2.24, 2.45) is 0 Å². The first-order valence-corrected chi connectivity index (χ1v) is 15.3. The molecule has 14 heteroatoms. The van der Waals surface area contributed by atoms with Gasteiger partial charge in [-0.3, -0.25) is 14.4 Å². The van der Waals surface area contributed by atoms with Crippen LogP contribution in [-0.4, -0.2) is 57.0 Å². The number of carbonyl (C=O) groups is 4. The number of amides is 3. The Labute approximate surface area is 254 Å². The summed E-state index contributed by atoms with van der Waals surface area (Å²) < 4.78 is 42.9. The van der Waals surface area contributed by atoms with E-state index < -0.39 is 34.5 Å². The van der Waals surface area contributed by atoms with Crippen LogP contribution in [0.2, 0.25) is 0 Å². The SMILES string of the molecule is COc1cc(C(=O)NS(=O)(=O)c2ccc(C(=O)NC3CCCCC3)cc2)cnc1OC(=O)NCC(=O)OCc1ccccc1. The Morgan fingerprint density at radius 1 is 0.909 bits per heavy atom. The Balaban J connectivity index is 1.30. The lowest BCUT2D eigenvalue weighted by atomic mass is 9.95. The monoisotopic (exact) mass is 624 g/mol. The fourth-order valence-electron chi connectivity index (χ4n) is 4.38. The second-order valence-corrected chi connectivity index (χ2v) is 11.6. The van der Waals surface area contributed by atoms with Crippen molar-refractivity contribution < 1.29 is 41.8 Å². The van der Waals surface area contributed by atoms with Crippen LogP contribution in [0, 0.1) is 0 Å². The van der Waals surface area contributed by atoms with E-state index in [0.717, 1.165) is 49.9 Å². The third kappa shape index (κ3) is 9.01. The number of rotatable bonds is 11. The number of ether oxygens (including phenoxy) is 3. The van der Waals surface area contributed by atoms with Gasteiger partial charge < -0.3 is 24.8 Å². The quantitative estimate of drug-likeness (QED) is 0.268. The number of carbonyl (C=O) groups excluding carboxylic acids is 4. The Morgan fingerprint density at radius 3 is 2.30 bits per heavy atom. The topological polar surface area (TPSA) is 179 Å². The molecule has 0 radical (unpaired) electrons. The first-order chi connectivity index (χ1) is 21.1. The molecule has 0 atom stereocenters. The molecule has 232 valence electrons. The molecule has 0 unspecified atom stereocenters. The third-order valence-electron chi connectivity index (χ3n) is 6.70. The number of benzene rings is 2. The van der Waals surface area contributed by atoms with Crippen molar-refractivity contribution in [3.63, 3.8) is 0 Å². The Morgan fingerprint density at radius 2 is 1.61 bits per heavy atom. The number of aromatic nitrogens is 1. The van der Waals surface area contributed by atoms with Gasteiger partial charge in [0.15, 0.2) is 5.75 Å². The summed E-state index contributed by atoms with van der Waals surface area (Å²) in [6.07, 6.45) is 5.04. The number of pyridine rings is 1. The van der Waals surface area contributed by atoms with Crippen molar-refractivity contribution >= 4 is 33.9 Å². The summed E-state index contributed by atoms with van der Waals surface area (Å²) in [5.41, 5.74) is 0.880. The molecule has 0 spiro atoms. The maximum Gasteiger partial charge on any atom is 0.414 e. The van der Waals surface area contributed by atoms with E-state index in [-0.39, 0.29) is 40.6 Å². The molecule has 0 aliphatic heterocycles. The van der Waals surface area contributed by atoms with Gasteiger partial charge in [-0.1, -0.05) is 49.6 Å². The molecule has 1 aliphatic carbocycles. The zero-order chi connectivity index (χ0) is 31.5. The van der Waals surface area contributed by atoms with Crippen molar-refractivity contribution in [2.75, 3.05) is 13.7 Å². The standard InChI is InChI=1S/C30H32N4O9S/c1-41-25-16-22(17-31-29(25)43-30(38)32-18-26(35)42-19-20-8-4-2-5-9-20)28(37)34-44(39,40)24-14-12-21(13-15-24)27(36)33-23-10-6-3-7-11-23/h2,4-5,8-9,12-17,23H,3,6-7,10-11,18-19H2,1H3,(H,32,38)(H,33,36)(H,34,37). The number of hydrogen-bond acceptors (Lipinski definition) is 10. The summed E-state index contributed by atoms with van der Waals surface area (Å²) >= 11 is 0. The Bertz CT molecular complexity index is 1590. The van der Waals surface area contributed by atoms with Gasteiger partial charge in [-0.15, -0.1) is 0 Å². The molecule has 4 rings (SSSR count). The summed E-state index contributed by atoms with van der Waals surface area (Å²) in [6.45, 7) is -0.438. The van der Waals surface area contributed by atoms with Gasteiger partial charge in [0.2, 0.25) is 0 Å². The smallest absolute Gasteiger partial charge is 0.414 e. The fourth-order valence-corrected chi connectivity index (χ4v) is 5.35. The van der Waals surface area contributed by atoms with E-state index in [1.165, 1.54) is 31.4 Å². The van der Waals surface area contributed by atoms with Gasteiger partial charge in [0, 0.05) is 23.9 Å². The zero-order valence-corrected chi connectivity index (χ0v) is 24.7. The largest absolute Gasteiger partial charge is 0.491 e. The van der Waals surface area contributed by atoms with Gasteiger partial charge in [-0.2, -0.15) is 0 Å². The minimum absolute atomic E-state index is 0.0356. The number of nitrogens with zero attached hydrogens (tertiary/aromatic N) is 1. The first kappa shape index (κ1) is 31.9. The van der Waals surface area contributed by atoms with Crippen molar-refractivity contribution in [1.82, 2.24) is 20.3 Å². The lowest BCUT2D eigenvalue weighted by molar-refractivity contribution is -0.143. The molecule has 2 aromatic carbocycles. The minimum Gasteiger partial charge on any atom is -0.491 e. The maximum atomic E-state index is 12.8. The molecule has 3 aromatic rings. The Kier molecular flexibility index (Phi) is 10.9. The van der Waals surface area contributed by atoms with E-state index in [2.05, 4.69) is 15.6 Å². The summed E-state index contributed by atoms with van der Waals surface area (Å²) in [4.78, 5) is 53.0. The van der Waals surface area contributed by atoms with Gasteiger partial charge >= 0.3 is 12.1 Å². The predicted molar refractivity (Wildman–Crippen MR) is 156 cm³/mol. The molecular formula is C30H32N4O9S. The van der Waals surface area contributed by atoms with Crippen LogP contribution in [0.25, 0.3) is 0 Å². The molecule has 44 heavy (non-hydrogen) atoms. The van der Waals surface area contributed by atoms with E-state index in [9.17, 15) is 27.6 Å². The van der Waals surface area contributed by atoms with Gasteiger partial charge in [0.25, 0.3) is 27.7 Å². The van der Waals surface area contributed by atoms with E-state index in [1.807, 2.05) is 10.8 Å². The second kappa shape index (κ2) is 15.0. The zero-order valence-electron chi connectivity index (χ0n) is 23.9. The second-order valence-electron chi connectivity index (χ2n) is 9.89. The van der Waals surface area contributed by atoms with Crippen LogP contribution in [-0.2, 0) is 26.2 Å². The summed E-state index contributed by atoms with van der Waals surface area (Å²) in [5.74, 6) is -2.49. The van der Waals surface area contributed by atoms with Crippen LogP contribution < -0.4 is 24.8 Å². The van der Waals surface area contributed by atoms with Crippen LogP contribution in [0.1, 0.15) is 58.4 Å². The molecular weight excluding hydrogens is 592 g/mol. The van der Waals surface area contributed by atoms with E-state index >= 15 is 0 Å². The molecule has 1 saturated carbocycles. The van der Waals surface area contributed by atoms with Crippen molar-refractivity contribution in [1.29, 1.82) is 0 Å². The van der Waals surface area contributed by atoms with Gasteiger partial charge in [0.1, 0.15) is 13.2 Å². The Hall–Kier alpha value is -4.98. The normalized spacial score (nSPS) is 13.3. The number of nitrogens with one attached hydrogen (secondary N) is 3. The lowest BCUT2D eigenvalue weighted by Gasteiger charge is -2.22. The number of methoxy groups -OCH3 is 1. The van der Waals surface area contributed by atoms with Gasteiger partial charge in [-0.05, 0) is 42.7 Å². The summed E-state index contributed by atoms with van der Waals surface area (Å²) in [6, 6.07) is 15.4. The molecule has 1 aliphatic rings. The van der Waals surface area contributed by atoms with Crippen LogP contribution in [0.5, 0.6) is 11.6 Å². The maximum absolute atomic E-state index is 12.8. The highest BCUT2D eigenvalue weighted by atomic mass is 32.2. The fraction of sp³-hybridized carbons (Fsp3) is 0.300. The number of hydrogen-bond donors (Lipinski definition) is 3. The molecule has 3 amide bonds. The predicted octanol–water partition coefficient (Wildman–Crippen LogP) is 3.10. The van der Waals surface area contributed by atoms with Crippen LogP contribution in [0.15, 0.2) is 71.8 Å². The van der Waals surface area contributed by atoms with Crippen molar-refractivity contribution in [3.05, 3.63) is 83.6 Å². The number of esters is 1. The van der Waals surface area contributed by atoms with Crippen molar-refractivity contribution in [3.8, 4) is 11.6 Å². The van der Waals surface area contributed by atoms with E-state index in [0.29, 0.717) is 5.56 Å². The van der Waals surface area contributed by atoms with Crippen LogP contribution in [0.4, 0.5) is 4.79 Å². The molecule has 3 N–H and O–H groups in total. The van der Waals surface area contributed by atoms with Crippen LogP contribution in [0.3, 0.4) is 0 Å². The van der Waals surface area contributed by atoms with Gasteiger partial charge in [-0.25, -0.2) is 22.9 Å². The molecule has 1 fully saturated rings. The summed E-state index contributed by atoms with van der Waals surface area (Å²) in [7, 11) is -3.07. The van der Waals surface area contributed by atoms with Crippen molar-refractivity contribution in [2.45, 2.75) is 49.6 Å². The highest BCUT2D eigenvalue weighted by molar-refractivity contribution is 7.90. The van der Waals surface area contributed by atoms with Crippen LogP contribution >= 0.6 is 0 Å². The third-order valence-corrected chi connectivity index (χ3v) is 8.05. The first-order valence-electron chi connectivity index (χ1n) is 13.8. The highest BCUT2D eigenvalue weighted by Gasteiger charge is 2.23.